The number of aryl methyl sites for hydroxylation is 1. The maximum absolute atomic E-state index is 11.3. The van der Waals surface area contributed by atoms with Gasteiger partial charge in [0.1, 0.15) is 0 Å². The van der Waals surface area contributed by atoms with E-state index >= 15 is 0 Å². The SMILES string of the molecule is O=NC(I)(CCc1ccccc1)c1cccc(O)c1O. The monoisotopic (exact) mass is 383 g/mol. The molecule has 1 atom stereocenters. The Labute approximate surface area is 130 Å². The molecule has 20 heavy (non-hydrogen) atoms. The van der Waals surface area contributed by atoms with Crippen molar-refractivity contribution in [3.8, 4) is 11.5 Å². The Hall–Kier alpha value is -1.63. The summed E-state index contributed by atoms with van der Waals surface area (Å²) in [4.78, 5) is 11.3. The van der Waals surface area contributed by atoms with Crippen molar-refractivity contribution in [1.82, 2.24) is 0 Å². The summed E-state index contributed by atoms with van der Waals surface area (Å²) in [5, 5.41) is 22.6. The maximum Gasteiger partial charge on any atom is 0.182 e. The number of phenols is 2. The van der Waals surface area contributed by atoms with Gasteiger partial charge in [-0.25, -0.2) is 0 Å². The number of hydrogen-bond donors (Lipinski definition) is 2. The first-order valence-electron chi connectivity index (χ1n) is 6.15. The molecule has 0 fully saturated rings. The fourth-order valence-corrected chi connectivity index (χ4v) is 2.73. The number of benzene rings is 2. The number of phenolic OH excluding ortho intramolecular Hbond substituents is 2. The third-order valence-corrected chi connectivity index (χ3v) is 4.48. The van der Waals surface area contributed by atoms with Gasteiger partial charge in [-0.15, -0.1) is 4.91 Å². The van der Waals surface area contributed by atoms with E-state index in [4.69, 9.17) is 0 Å². The van der Waals surface area contributed by atoms with Crippen LogP contribution in [0.15, 0.2) is 53.7 Å². The van der Waals surface area contributed by atoms with Crippen molar-refractivity contribution in [3.05, 3.63) is 64.6 Å². The average Bonchev–Trinajstić information content (AvgIpc) is 2.49. The molecule has 0 heterocycles. The summed E-state index contributed by atoms with van der Waals surface area (Å²) in [5.41, 5.74) is 1.43. The number of halogens is 1. The van der Waals surface area contributed by atoms with E-state index in [-0.39, 0.29) is 11.5 Å². The first-order valence-corrected chi connectivity index (χ1v) is 7.23. The van der Waals surface area contributed by atoms with Crippen LogP contribution in [0.5, 0.6) is 11.5 Å². The van der Waals surface area contributed by atoms with E-state index in [0.717, 1.165) is 5.56 Å². The fraction of sp³-hybridized carbons (Fsp3) is 0.200. The molecule has 0 radical (unpaired) electrons. The molecule has 0 saturated carbocycles. The van der Waals surface area contributed by atoms with Crippen molar-refractivity contribution in [2.45, 2.75) is 16.4 Å². The number of nitrogens with zero attached hydrogens (tertiary/aromatic N) is 1. The van der Waals surface area contributed by atoms with Crippen molar-refractivity contribution in [3.63, 3.8) is 0 Å². The maximum atomic E-state index is 11.3. The summed E-state index contributed by atoms with van der Waals surface area (Å²) >= 11 is 1.92. The van der Waals surface area contributed by atoms with Crippen molar-refractivity contribution in [2.24, 2.45) is 5.18 Å². The molecule has 2 N–H and O–H groups in total. The third kappa shape index (κ3) is 3.09. The minimum Gasteiger partial charge on any atom is -0.504 e. The number of hydrogen-bond acceptors (Lipinski definition) is 4. The predicted molar refractivity (Wildman–Crippen MR) is 86.0 cm³/mol. The zero-order chi connectivity index (χ0) is 14.6. The smallest absolute Gasteiger partial charge is 0.182 e. The van der Waals surface area contributed by atoms with E-state index in [9.17, 15) is 15.1 Å². The fourth-order valence-electron chi connectivity index (χ4n) is 2.02. The lowest BCUT2D eigenvalue weighted by molar-refractivity contribution is 0.393. The molecule has 2 rings (SSSR count). The van der Waals surface area contributed by atoms with Gasteiger partial charge in [0, 0.05) is 5.56 Å². The first-order chi connectivity index (χ1) is 9.57. The van der Waals surface area contributed by atoms with Crippen molar-refractivity contribution in [1.29, 1.82) is 0 Å². The average molecular weight is 383 g/mol. The zero-order valence-electron chi connectivity index (χ0n) is 10.7. The number of nitroso groups, excluding NO2 is 1. The van der Waals surface area contributed by atoms with Gasteiger partial charge in [0.05, 0.1) is 0 Å². The molecule has 0 aromatic heterocycles. The minimum atomic E-state index is -1.10. The summed E-state index contributed by atoms with van der Waals surface area (Å²) in [6.07, 6.45) is 1.10. The third-order valence-electron chi connectivity index (χ3n) is 3.16. The number of para-hydroxylation sites is 1. The second kappa shape index (κ2) is 6.21. The molecule has 0 aliphatic rings. The molecule has 2 aromatic rings. The summed E-state index contributed by atoms with van der Waals surface area (Å²) in [6.45, 7) is 0. The van der Waals surface area contributed by atoms with Gasteiger partial charge in [-0.05, 0) is 52.2 Å². The summed E-state index contributed by atoms with van der Waals surface area (Å²) in [7, 11) is 0. The summed E-state index contributed by atoms with van der Waals surface area (Å²) in [6, 6.07) is 14.3. The molecule has 0 aliphatic carbocycles. The van der Waals surface area contributed by atoms with Crippen LogP contribution < -0.4 is 0 Å². The lowest BCUT2D eigenvalue weighted by atomic mass is 9.98. The van der Waals surface area contributed by atoms with E-state index in [2.05, 4.69) is 5.18 Å². The van der Waals surface area contributed by atoms with E-state index in [1.54, 1.807) is 12.1 Å². The lowest BCUT2D eigenvalue weighted by Gasteiger charge is -2.21. The zero-order valence-corrected chi connectivity index (χ0v) is 12.8. The van der Waals surface area contributed by atoms with Gasteiger partial charge in [-0.2, -0.15) is 0 Å². The second-order valence-electron chi connectivity index (χ2n) is 4.51. The van der Waals surface area contributed by atoms with Crippen LogP contribution in [0.1, 0.15) is 17.5 Å². The Balaban J connectivity index is 2.25. The van der Waals surface area contributed by atoms with Crippen LogP contribution in [-0.4, -0.2) is 10.2 Å². The number of aromatic hydroxyl groups is 2. The Bertz CT molecular complexity index is 603. The van der Waals surface area contributed by atoms with Crippen LogP contribution in [0.4, 0.5) is 0 Å². The van der Waals surface area contributed by atoms with Gasteiger partial charge in [-0.1, -0.05) is 42.5 Å². The highest BCUT2D eigenvalue weighted by atomic mass is 127. The number of alkyl halides is 1. The molecule has 4 nitrogen and oxygen atoms in total. The molecule has 0 amide bonds. The topological polar surface area (TPSA) is 69.9 Å². The summed E-state index contributed by atoms with van der Waals surface area (Å²) in [5.74, 6) is -0.526. The molecule has 104 valence electrons. The van der Waals surface area contributed by atoms with Gasteiger partial charge >= 0.3 is 0 Å². The normalized spacial score (nSPS) is 13.7. The molecule has 2 aromatic carbocycles. The standard InChI is InChI=1S/C15H14INO3/c16-15(17-20,10-9-11-5-2-1-3-6-11)12-7-4-8-13(18)14(12)19/h1-8,18-19H,9-10H2. The number of rotatable bonds is 5. The Morgan fingerprint density at radius 2 is 1.75 bits per heavy atom. The Morgan fingerprint density at radius 3 is 2.40 bits per heavy atom. The summed E-state index contributed by atoms with van der Waals surface area (Å²) < 4.78 is -1.10. The molecule has 5 heteroatoms. The van der Waals surface area contributed by atoms with Gasteiger partial charge in [-0.3, -0.25) is 0 Å². The van der Waals surface area contributed by atoms with E-state index in [1.165, 1.54) is 6.07 Å². The van der Waals surface area contributed by atoms with Crippen LogP contribution >= 0.6 is 22.6 Å². The molecule has 0 aliphatic heterocycles. The largest absolute Gasteiger partial charge is 0.504 e. The minimum absolute atomic E-state index is 0.244. The molecule has 1 unspecified atom stereocenters. The molecular weight excluding hydrogens is 369 g/mol. The van der Waals surface area contributed by atoms with Gasteiger partial charge in [0.25, 0.3) is 0 Å². The van der Waals surface area contributed by atoms with Gasteiger partial charge < -0.3 is 10.2 Å². The van der Waals surface area contributed by atoms with Crippen LogP contribution in [-0.2, 0) is 9.97 Å². The van der Waals surface area contributed by atoms with E-state index in [1.807, 2.05) is 52.9 Å². The second-order valence-corrected chi connectivity index (χ2v) is 6.29. The molecule has 0 bridgehead atoms. The highest BCUT2D eigenvalue weighted by molar-refractivity contribution is 14.1. The van der Waals surface area contributed by atoms with E-state index < -0.39 is 3.55 Å². The highest BCUT2D eigenvalue weighted by Gasteiger charge is 2.33. The predicted octanol–water partition coefficient (Wildman–Crippen LogP) is 4.08. The highest BCUT2D eigenvalue weighted by Crippen LogP contribution is 2.45. The molecule has 0 saturated heterocycles. The quantitative estimate of drug-likeness (QED) is 0.269. The van der Waals surface area contributed by atoms with Gasteiger partial charge in [0.15, 0.2) is 15.0 Å². The Kier molecular flexibility index (Phi) is 4.59. The lowest BCUT2D eigenvalue weighted by Crippen LogP contribution is -2.15. The molecular formula is C15H14INO3. The van der Waals surface area contributed by atoms with Crippen molar-refractivity contribution >= 4 is 22.6 Å². The molecule has 0 spiro atoms. The van der Waals surface area contributed by atoms with Crippen LogP contribution in [0.2, 0.25) is 0 Å². The van der Waals surface area contributed by atoms with Crippen molar-refractivity contribution < 1.29 is 10.2 Å². The van der Waals surface area contributed by atoms with Crippen LogP contribution in [0.25, 0.3) is 0 Å². The van der Waals surface area contributed by atoms with Gasteiger partial charge in [0.2, 0.25) is 0 Å². The van der Waals surface area contributed by atoms with Crippen LogP contribution in [0, 0.1) is 4.91 Å². The van der Waals surface area contributed by atoms with E-state index in [0.29, 0.717) is 18.4 Å². The van der Waals surface area contributed by atoms with Crippen molar-refractivity contribution in [2.75, 3.05) is 0 Å². The Morgan fingerprint density at radius 1 is 1.05 bits per heavy atom. The van der Waals surface area contributed by atoms with Crippen LogP contribution in [0.3, 0.4) is 0 Å². The first kappa shape index (κ1) is 14.8.